The van der Waals surface area contributed by atoms with Gasteiger partial charge in [0.1, 0.15) is 24.2 Å². The molecule has 0 spiro atoms. The maximum atomic E-state index is 14.4. The molecule has 4 rings (SSSR count). The van der Waals surface area contributed by atoms with Crippen LogP contribution in [0.25, 0.3) is 0 Å². The lowest BCUT2D eigenvalue weighted by Crippen LogP contribution is -2.65. The molecule has 0 aromatic carbocycles. The monoisotopic (exact) mass is 863 g/mol. The van der Waals surface area contributed by atoms with Crippen molar-refractivity contribution in [1.82, 2.24) is 56.4 Å². The summed E-state index contributed by atoms with van der Waals surface area (Å²) in [6.07, 6.45) is 0.499. The highest BCUT2D eigenvalue weighted by Gasteiger charge is 2.51. The predicted molar refractivity (Wildman–Crippen MR) is 220 cm³/mol. The zero-order valence-electron chi connectivity index (χ0n) is 35.3. The van der Waals surface area contributed by atoms with Crippen LogP contribution < -0.4 is 37.6 Å². The van der Waals surface area contributed by atoms with Gasteiger partial charge < -0.3 is 62.5 Å². The highest BCUT2D eigenvalue weighted by Crippen LogP contribution is 2.35. The zero-order valence-corrected chi connectivity index (χ0v) is 35.3. The van der Waals surface area contributed by atoms with Crippen LogP contribution in [0.5, 0.6) is 0 Å². The van der Waals surface area contributed by atoms with Gasteiger partial charge in [0.2, 0.25) is 35.4 Å². The molecule has 4 aliphatic heterocycles. The van der Waals surface area contributed by atoms with Gasteiger partial charge in [-0.15, -0.1) is 0 Å². The summed E-state index contributed by atoms with van der Waals surface area (Å²) in [5.41, 5.74) is 5.36. The second-order valence-electron chi connectivity index (χ2n) is 16.1. The molecule has 2 bridgehead atoms. The topological polar surface area (TPSA) is 315 Å². The molecule has 0 aliphatic carbocycles. The Hall–Kier alpha value is -5.13. The average Bonchev–Trinajstić information content (AvgIpc) is 3.64. The molecule has 4 saturated heterocycles. The van der Waals surface area contributed by atoms with Crippen LogP contribution in [-0.2, 0) is 38.4 Å². The fourth-order valence-corrected chi connectivity index (χ4v) is 8.40. The molecule has 4 fully saturated rings. The molecule has 23 heteroatoms. The smallest absolute Gasteiger partial charge is 0.317 e. The summed E-state index contributed by atoms with van der Waals surface area (Å²) in [7, 11) is 0. The predicted octanol–water partition coefficient (Wildman–Crippen LogP) is -4.85. The van der Waals surface area contributed by atoms with Crippen LogP contribution in [0, 0.1) is 11.3 Å². The minimum absolute atomic E-state index is 0.0134. The Labute approximate surface area is 355 Å². The molecular formula is C38H65N13O10. The fourth-order valence-electron chi connectivity index (χ4n) is 8.40. The number of fused-ring (bicyclic) bond motifs is 1. The number of guanidine groups is 1. The Kier molecular flexibility index (Phi) is 18.9. The number of carbonyl (C=O) groups is 8. The van der Waals surface area contributed by atoms with Crippen molar-refractivity contribution in [3.05, 3.63) is 0 Å². The number of nitrogens with one attached hydrogen (secondary N) is 7. The Morgan fingerprint density at radius 1 is 0.754 bits per heavy atom. The van der Waals surface area contributed by atoms with Gasteiger partial charge in [0.25, 0.3) is 0 Å². The molecule has 0 aromatic heterocycles. The Bertz CT molecular complexity index is 1600. The van der Waals surface area contributed by atoms with Gasteiger partial charge in [-0.2, -0.15) is 0 Å². The molecule has 11 N–H and O–H groups in total. The third kappa shape index (κ3) is 15.1. The van der Waals surface area contributed by atoms with Crippen LogP contribution >= 0.6 is 0 Å². The number of carboxylic acid groups (broad SMARTS) is 2. The number of aliphatic carboxylic acids is 2. The molecule has 4 aliphatic rings. The van der Waals surface area contributed by atoms with Crippen molar-refractivity contribution in [1.29, 1.82) is 5.41 Å². The quantitative estimate of drug-likeness (QED) is 0.0445. The second-order valence-corrected chi connectivity index (χ2v) is 16.1. The molecule has 342 valence electrons. The van der Waals surface area contributed by atoms with E-state index < -0.39 is 90.6 Å². The summed E-state index contributed by atoms with van der Waals surface area (Å²) in [4.78, 5) is 115. The molecule has 0 unspecified atom stereocenters. The van der Waals surface area contributed by atoms with Crippen molar-refractivity contribution >= 4 is 53.3 Å². The molecule has 61 heavy (non-hydrogen) atoms. The second kappa shape index (κ2) is 23.8. The number of hydrogen-bond acceptors (Lipinski definition) is 13. The van der Waals surface area contributed by atoms with Crippen LogP contribution in [0.4, 0.5) is 0 Å². The minimum atomic E-state index is -1.63. The van der Waals surface area contributed by atoms with Gasteiger partial charge in [0, 0.05) is 77.4 Å². The Morgan fingerprint density at radius 2 is 1.36 bits per heavy atom. The highest BCUT2D eigenvalue weighted by molar-refractivity contribution is 5.98. The van der Waals surface area contributed by atoms with Gasteiger partial charge in [0.15, 0.2) is 5.96 Å². The zero-order chi connectivity index (χ0) is 44.6. The lowest BCUT2D eigenvalue weighted by atomic mass is 9.85. The van der Waals surface area contributed by atoms with Crippen LogP contribution in [0.1, 0.15) is 52.4 Å². The maximum absolute atomic E-state index is 14.4. The molecule has 23 nitrogen and oxygen atoms in total. The first-order valence-corrected chi connectivity index (χ1v) is 21.3. The summed E-state index contributed by atoms with van der Waals surface area (Å²) in [5, 5.41) is 42.2. The van der Waals surface area contributed by atoms with Gasteiger partial charge in [-0.25, -0.2) is 0 Å². The largest absolute Gasteiger partial charge is 0.481 e. The van der Waals surface area contributed by atoms with Crippen LogP contribution in [0.15, 0.2) is 0 Å². The Balaban J connectivity index is 1.53. The van der Waals surface area contributed by atoms with E-state index in [1.165, 1.54) is 4.90 Å². The number of carbonyl (C=O) groups excluding carboxylic acids is 6. The van der Waals surface area contributed by atoms with Crippen LogP contribution in [0.3, 0.4) is 0 Å². The lowest BCUT2D eigenvalue weighted by Gasteiger charge is -2.42. The standard InChI is InChI=1S/C38H65N13O10/c1-3-47-10-11-48(4-2)13-15-50(23-32(56)57)17-16-49(14-12-47)22-30(53)42-20-24-18-25-7-8-28-36(60)45-26(6-5-9-41-38(39)40)34(58)43-21-29(52)44-27(19-31(54)55)35(59)46-33(24)37(61)51(25)28/h24-28,33H,3-23H2,1-2H3,(H,42,53)(H,43,58)(H,44,52)(H,45,60)(H,46,59)(H,54,55)(H,56,57)(H4,39,40,41)/t24-,25-,26-,27-,28-,33+/m0/s1. The van der Waals surface area contributed by atoms with Crippen LogP contribution in [-0.4, -0.2) is 216 Å². The number of amides is 6. The first-order chi connectivity index (χ1) is 29.1. The van der Waals surface area contributed by atoms with Gasteiger partial charge in [-0.1, -0.05) is 13.8 Å². The van der Waals surface area contributed by atoms with E-state index in [4.69, 9.17) is 11.1 Å². The normalized spacial score (nSPS) is 27.2. The average molecular weight is 864 g/mol. The molecular weight excluding hydrogens is 798 g/mol. The van der Waals surface area contributed by atoms with Crippen molar-refractivity contribution in [2.24, 2.45) is 11.7 Å². The molecule has 0 aromatic rings. The third-order valence-corrected chi connectivity index (χ3v) is 11.9. The summed E-state index contributed by atoms with van der Waals surface area (Å²) in [6, 6.07) is -5.53. The van der Waals surface area contributed by atoms with Crippen molar-refractivity contribution in [3.8, 4) is 0 Å². The first-order valence-electron chi connectivity index (χ1n) is 21.3. The van der Waals surface area contributed by atoms with E-state index in [2.05, 4.69) is 55.5 Å². The highest BCUT2D eigenvalue weighted by atomic mass is 16.4. The SMILES string of the molecule is CCN1CCN(CC)CCN(CC(=O)NC[C@@H]2C[C@@H]3CC[C@H]4C(=O)N[C@@H](CCCNC(=N)N)C(=O)NCC(=O)N[C@@H](CC(=O)O)C(=O)N[C@H]2C(=O)N34)CCN(CC(=O)O)CC1. The van der Waals surface area contributed by atoms with Gasteiger partial charge in [0.05, 0.1) is 26.1 Å². The number of carboxylic acids is 2. The van der Waals surface area contributed by atoms with Crippen molar-refractivity contribution < 1.29 is 48.6 Å². The van der Waals surface area contributed by atoms with E-state index in [9.17, 15) is 48.6 Å². The van der Waals surface area contributed by atoms with E-state index in [1.807, 2.05) is 9.80 Å². The molecule has 4 heterocycles. The van der Waals surface area contributed by atoms with E-state index in [-0.39, 0.29) is 57.3 Å². The number of piperidine rings is 1. The van der Waals surface area contributed by atoms with E-state index >= 15 is 0 Å². The van der Waals surface area contributed by atoms with E-state index in [0.29, 0.717) is 52.1 Å². The summed E-state index contributed by atoms with van der Waals surface area (Å²) >= 11 is 0. The van der Waals surface area contributed by atoms with E-state index in [1.54, 1.807) is 0 Å². The van der Waals surface area contributed by atoms with E-state index in [0.717, 1.165) is 26.2 Å². The van der Waals surface area contributed by atoms with Crippen LogP contribution in [0.2, 0.25) is 0 Å². The first kappa shape index (κ1) is 48.5. The number of rotatable bonds is 14. The summed E-state index contributed by atoms with van der Waals surface area (Å²) in [6.45, 7) is 10.2. The van der Waals surface area contributed by atoms with Gasteiger partial charge >= 0.3 is 11.9 Å². The van der Waals surface area contributed by atoms with Gasteiger partial charge in [-0.05, 0) is 45.2 Å². The Morgan fingerprint density at radius 3 is 1.93 bits per heavy atom. The number of nitrogens with two attached hydrogens (primary N) is 1. The fraction of sp³-hybridized carbons (Fsp3) is 0.763. The van der Waals surface area contributed by atoms with Crippen molar-refractivity contribution in [2.75, 3.05) is 98.2 Å². The number of nitrogens with zero attached hydrogens (tertiary/aromatic N) is 5. The molecule has 0 radical (unpaired) electrons. The van der Waals surface area contributed by atoms with Gasteiger partial charge in [-0.3, -0.25) is 53.6 Å². The van der Waals surface area contributed by atoms with Crippen molar-refractivity contribution in [2.45, 2.75) is 82.6 Å². The molecule has 6 atom stereocenters. The number of likely N-dealkylation sites (N-methyl/N-ethyl adjacent to an activating group) is 2. The van der Waals surface area contributed by atoms with Crippen molar-refractivity contribution in [3.63, 3.8) is 0 Å². The minimum Gasteiger partial charge on any atom is -0.481 e. The lowest BCUT2D eigenvalue weighted by molar-refractivity contribution is -0.149. The maximum Gasteiger partial charge on any atom is 0.317 e. The number of hydrogen-bond donors (Lipinski definition) is 10. The summed E-state index contributed by atoms with van der Waals surface area (Å²) < 4.78 is 0. The third-order valence-electron chi connectivity index (χ3n) is 11.9. The summed E-state index contributed by atoms with van der Waals surface area (Å²) in [5.74, 6) is -7.44. The molecule has 0 saturated carbocycles. The molecule has 6 amide bonds.